The van der Waals surface area contributed by atoms with Crippen LogP contribution in [0.4, 0.5) is 0 Å². The summed E-state index contributed by atoms with van der Waals surface area (Å²) < 4.78 is 8.77. The van der Waals surface area contributed by atoms with Gasteiger partial charge >= 0.3 is 0 Å². The van der Waals surface area contributed by atoms with Crippen molar-refractivity contribution in [2.45, 2.75) is 45.8 Å². The molecule has 0 bridgehead atoms. The molecule has 5 aromatic carbocycles. The Labute approximate surface area is 325 Å². The number of fused-ring (bicyclic) bond motifs is 6. The van der Waals surface area contributed by atoms with Gasteiger partial charge in [0.2, 0.25) is 0 Å². The first-order chi connectivity index (χ1) is 25.1. The quantitative estimate of drug-likeness (QED) is 0.131. The fourth-order valence-electron chi connectivity index (χ4n) is 6.57. The van der Waals surface area contributed by atoms with Gasteiger partial charge in [0, 0.05) is 53.9 Å². The number of rotatable bonds is 4. The van der Waals surface area contributed by atoms with E-state index in [-0.39, 0.29) is 25.5 Å². The summed E-state index contributed by atoms with van der Waals surface area (Å²) in [5.74, 6) is 0.767. The minimum absolute atomic E-state index is 0. The summed E-state index contributed by atoms with van der Waals surface area (Å²) in [6, 6.07) is 50.1. The summed E-state index contributed by atoms with van der Waals surface area (Å²) in [7, 11) is -1.23. The fraction of sp³-hybridized carbons (Fsp3) is 0.152. The molecule has 0 unspecified atom stereocenters. The van der Waals surface area contributed by atoms with Gasteiger partial charge in [0.15, 0.2) is 5.65 Å². The van der Waals surface area contributed by atoms with Crippen LogP contribution in [0, 0.1) is 12.1 Å². The Morgan fingerprint density at radius 3 is 2.13 bits per heavy atom. The van der Waals surface area contributed by atoms with Crippen molar-refractivity contribution in [3.05, 3.63) is 151 Å². The molecule has 7 heteroatoms. The van der Waals surface area contributed by atoms with Gasteiger partial charge in [0.05, 0.1) is 25.0 Å². The molecule has 9 aromatic rings. The molecule has 4 heterocycles. The summed E-state index contributed by atoms with van der Waals surface area (Å²) in [4.78, 5) is 14.6. The van der Waals surface area contributed by atoms with Crippen molar-refractivity contribution in [1.82, 2.24) is 19.5 Å². The van der Waals surface area contributed by atoms with Crippen LogP contribution < -0.4 is 5.19 Å². The van der Waals surface area contributed by atoms with E-state index >= 15 is 0 Å². The van der Waals surface area contributed by atoms with Gasteiger partial charge in [-0.05, 0) is 40.5 Å². The van der Waals surface area contributed by atoms with Gasteiger partial charge in [-0.15, -0.1) is 54.1 Å². The van der Waals surface area contributed by atoms with Crippen LogP contribution in [0.15, 0.2) is 138 Å². The molecule has 53 heavy (non-hydrogen) atoms. The van der Waals surface area contributed by atoms with Gasteiger partial charge in [-0.1, -0.05) is 118 Å². The maximum Gasteiger partial charge on any atom is 0.168 e. The predicted molar refractivity (Wildman–Crippen MR) is 218 cm³/mol. The molecule has 0 aliphatic heterocycles. The third-order valence-electron chi connectivity index (χ3n) is 9.46. The number of para-hydroxylation sites is 1. The van der Waals surface area contributed by atoms with E-state index in [1.54, 1.807) is 0 Å². The van der Waals surface area contributed by atoms with Crippen molar-refractivity contribution in [1.29, 1.82) is 0 Å². The Hall–Kier alpha value is -5.20. The van der Waals surface area contributed by atoms with Crippen LogP contribution >= 0.6 is 0 Å². The molecule has 0 spiro atoms. The third kappa shape index (κ3) is 7.00. The molecule has 265 valence electrons. The van der Waals surface area contributed by atoms with Crippen LogP contribution in [0.2, 0.25) is 19.6 Å². The number of benzene rings is 5. The SMILES string of the molecule is CC(C)(C)c1ccc2c(n1)nc(-c1[c-]ccc3c1oc1c4ccccc4ccc31)n2-c1ccccc1.C[Si](C)(C)c1ccc(-c2[c-]cccc2)nc1.[Ir]. The molecule has 4 aromatic heterocycles. The first-order valence-electron chi connectivity index (χ1n) is 17.7. The monoisotopic (exact) mass is 885 g/mol. The standard InChI is InChI=1S/C32H24N3O.C14H16NSi.Ir/c1-32(2,3)27-19-18-26-30(33-27)34-31(35(26)21-11-5-4-6-12-21)25-15-9-14-23-24-17-16-20-10-7-8-13-22(20)28(24)36-29(23)25;1-16(2,3)13-9-10-14(15-11-13)12-7-5-4-6-8-12;/h4-14,16-19H,1-3H3;4-7,9-11H,1-3H3;/q2*-1;. The van der Waals surface area contributed by atoms with Crippen LogP contribution in [-0.2, 0) is 25.5 Å². The summed E-state index contributed by atoms with van der Waals surface area (Å²) in [6.45, 7) is 13.5. The van der Waals surface area contributed by atoms with E-state index in [1.807, 2.05) is 54.7 Å². The van der Waals surface area contributed by atoms with Gasteiger partial charge in [-0.25, -0.2) is 4.98 Å². The van der Waals surface area contributed by atoms with Crippen molar-refractivity contribution >= 4 is 57.1 Å². The van der Waals surface area contributed by atoms with Gasteiger partial charge in [-0.3, -0.25) is 4.98 Å². The average Bonchev–Trinajstić information content (AvgIpc) is 3.74. The number of pyridine rings is 2. The maximum absolute atomic E-state index is 6.61. The molecule has 0 amide bonds. The molecule has 0 N–H and O–H groups in total. The van der Waals surface area contributed by atoms with Gasteiger partial charge < -0.3 is 14.0 Å². The van der Waals surface area contributed by atoms with Crippen molar-refractivity contribution < 1.29 is 24.5 Å². The molecule has 9 rings (SSSR count). The Kier molecular flexibility index (Phi) is 9.77. The fourth-order valence-corrected chi connectivity index (χ4v) is 7.61. The van der Waals surface area contributed by atoms with Crippen molar-refractivity contribution in [2.24, 2.45) is 0 Å². The molecule has 1 radical (unpaired) electrons. The number of imidazole rings is 1. The summed E-state index contributed by atoms with van der Waals surface area (Å²) >= 11 is 0. The molecular weight excluding hydrogens is 845 g/mol. The second kappa shape index (κ2) is 14.3. The zero-order chi connectivity index (χ0) is 36.0. The summed E-state index contributed by atoms with van der Waals surface area (Å²) in [5.41, 5.74) is 8.19. The van der Waals surface area contributed by atoms with E-state index in [1.165, 1.54) is 5.19 Å². The Morgan fingerprint density at radius 1 is 0.660 bits per heavy atom. The molecule has 0 aliphatic carbocycles. The van der Waals surface area contributed by atoms with E-state index < -0.39 is 8.07 Å². The van der Waals surface area contributed by atoms with E-state index in [4.69, 9.17) is 14.4 Å². The van der Waals surface area contributed by atoms with E-state index in [9.17, 15) is 0 Å². The molecule has 0 fully saturated rings. The number of furan rings is 1. The Morgan fingerprint density at radius 2 is 1.42 bits per heavy atom. The van der Waals surface area contributed by atoms with Crippen molar-refractivity contribution in [2.75, 3.05) is 0 Å². The van der Waals surface area contributed by atoms with Crippen molar-refractivity contribution in [3.8, 4) is 28.3 Å². The minimum Gasteiger partial charge on any atom is -0.500 e. The number of aromatic nitrogens is 4. The van der Waals surface area contributed by atoms with Gasteiger partial charge in [0.25, 0.3) is 0 Å². The first kappa shape index (κ1) is 36.2. The van der Waals surface area contributed by atoms with Crippen LogP contribution in [0.25, 0.3) is 72.2 Å². The largest absolute Gasteiger partial charge is 0.500 e. The molecule has 0 saturated heterocycles. The van der Waals surface area contributed by atoms with Crippen LogP contribution in [0.5, 0.6) is 0 Å². The molecular formula is C46H40IrN4OSi-2. The zero-order valence-electron chi connectivity index (χ0n) is 30.7. The second-order valence-electron chi connectivity index (χ2n) is 15.2. The normalized spacial score (nSPS) is 11.8. The zero-order valence-corrected chi connectivity index (χ0v) is 34.1. The Balaban J connectivity index is 0.000000216. The van der Waals surface area contributed by atoms with Crippen LogP contribution in [-0.4, -0.2) is 27.6 Å². The second-order valence-corrected chi connectivity index (χ2v) is 20.3. The minimum atomic E-state index is -1.23. The molecule has 0 atom stereocenters. The predicted octanol–water partition coefficient (Wildman–Crippen LogP) is 11.3. The smallest absolute Gasteiger partial charge is 0.168 e. The number of nitrogens with zero attached hydrogens (tertiary/aromatic N) is 4. The van der Waals surface area contributed by atoms with Gasteiger partial charge in [0.1, 0.15) is 5.58 Å². The van der Waals surface area contributed by atoms with Crippen LogP contribution in [0.3, 0.4) is 0 Å². The van der Waals surface area contributed by atoms with Gasteiger partial charge in [-0.2, -0.15) is 0 Å². The molecule has 0 aliphatic rings. The summed E-state index contributed by atoms with van der Waals surface area (Å²) in [5, 5.41) is 5.80. The van der Waals surface area contributed by atoms with E-state index in [0.29, 0.717) is 5.65 Å². The van der Waals surface area contributed by atoms with E-state index in [2.05, 4.69) is 141 Å². The number of hydrogen-bond donors (Lipinski definition) is 0. The molecule has 5 nitrogen and oxygen atoms in total. The Bertz CT molecular complexity index is 2690. The first-order valence-corrected chi connectivity index (χ1v) is 21.2. The number of hydrogen-bond acceptors (Lipinski definition) is 4. The van der Waals surface area contributed by atoms with Crippen molar-refractivity contribution in [3.63, 3.8) is 0 Å². The average molecular weight is 885 g/mol. The maximum atomic E-state index is 6.61. The third-order valence-corrected chi connectivity index (χ3v) is 11.5. The van der Waals surface area contributed by atoms with E-state index in [0.717, 1.165) is 72.3 Å². The summed E-state index contributed by atoms with van der Waals surface area (Å²) in [6.07, 6.45) is 2.02. The molecule has 0 saturated carbocycles. The van der Waals surface area contributed by atoms with Crippen LogP contribution in [0.1, 0.15) is 26.5 Å². The topological polar surface area (TPSA) is 56.7 Å².